The van der Waals surface area contributed by atoms with Gasteiger partial charge < -0.3 is 10.0 Å². The molecule has 1 N–H and O–H groups in total. The van der Waals surface area contributed by atoms with E-state index in [0.29, 0.717) is 16.1 Å². The smallest absolute Gasteiger partial charge is 0.313 e. The van der Waals surface area contributed by atoms with Crippen molar-refractivity contribution in [1.29, 1.82) is 0 Å². The summed E-state index contributed by atoms with van der Waals surface area (Å²) in [4.78, 5) is 27.2. The summed E-state index contributed by atoms with van der Waals surface area (Å²) < 4.78 is 14.6. The second-order valence-corrected chi connectivity index (χ2v) is 8.46. The molecule has 3 aromatic rings. The van der Waals surface area contributed by atoms with Crippen LogP contribution >= 0.6 is 34.8 Å². The Labute approximate surface area is 192 Å². The van der Waals surface area contributed by atoms with Crippen molar-refractivity contribution in [2.45, 2.75) is 18.5 Å². The summed E-state index contributed by atoms with van der Waals surface area (Å²) in [6, 6.07) is 14.3. The molecule has 158 valence electrons. The number of halogens is 4. The summed E-state index contributed by atoms with van der Waals surface area (Å²) in [7, 11) is 0. The van der Waals surface area contributed by atoms with Crippen LogP contribution in [0.3, 0.4) is 0 Å². The van der Waals surface area contributed by atoms with Crippen LogP contribution in [-0.2, 0) is 11.3 Å². The van der Waals surface area contributed by atoms with Crippen molar-refractivity contribution in [3.8, 4) is 0 Å². The van der Waals surface area contributed by atoms with Crippen LogP contribution in [0.2, 0.25) is 15.1 Å². The van der Waals surface area contributed by atoms with Gasteiger partial charge in [-0.3, -0.25) is 9.59 Å². The summed E-state index contributed by atoms with van der Waals surface area (Å²) in [6.07, 6.45) is 0. The Morgan fingerprint density at radius 1 is 0.968 bits per heavy atom. The minimum absolute atomic E-state index is 0.163. The highest BCUT2D eigenvalue weighted by atomic mass is 35.5. The number of carbonyl (C=O) groups is 2. The van der Waals surface area contributed by atoms with Gasteiger partial charge in [0.1, 0.15) is 11.7 Å². The van der Waals surface area contributed by atoms with Crippen molar-refractivity contribution in [3.63, 3.8) is 0 Å². The quantitative estimate of drug-likeness (QED) is 0.475. The van der Waals surface area contributed by atoms with Crippen LogP contribution < -0.4 is 0 Å². The second-order valence-electron chi connectivity index (χ2n) is 7.18. The zero-order valence-electron chi connectivity index (χ0n) is 15.9. The van der Waals surface area contributed by atoms with Gasteiger partial charge in [0, 0.05) is 32.7 Å². The predicted octanol–water partition coefficient (Wildman–Crippen LogP) is 6.35. The number of benzene rings is 3. The predicted molar refractivity (Wildman–Crippen MR) is 117 cm³/mol. The normalized spacial score (nSPS) is 18.1. The van der Waals surface area contributed by atoms with Crippen LogP contribution in [0.4, 0.5) is 4.39 Å². The first-order valence-electron chi connectivity index (χ1n) is 9.29. The Morgan fingerprint density at radius 2 is 1.65 bits per heavy atom. The fourth-order valence-electron chi connectivity index (χ4n) is 3.95. The SMILES string of the molecule is O=C(O)C1c2ccccc2C(=O)N(Cc2ccc(Cl)cc2F)C1c1ccc(Cl)cc1Cl. The van der Waals surface area contributed by atoms with Gasteiger partial charge in [0.05, 0.1) is 6.04 Å². The van der Waals surface area contributed by atoms with Crippen molar-refractivity contribution in [2.24, 2.45) is 0 Å². The second kappa shape index (κ2) is 8.50. The van der Waals surface area contributed by atoms with Crippen LogP contribution in [-0.4, -0.2) is 21.9 Å². The number of carboxylic acid groups (broad SMARTS) is 1. The van der Waals surface area contributed by atoms with Crippen LogP contribution in [0, 0.1) is 5.82 Å². The van der Waals surface area contributed by atoms with Gasteiger partial charge in [-0.1, -0.05) is 65.1 Å². The van der Waals surface area contributed by atoms with E-state index in [-0.39, 0.29) is 27.7 Å². The monoisotopic (exact) mass is 477 g/mol. The van der Waals surface area contributed by atoms with Gasteiger partial charge in [-0.15, -0.1) is 0 Å². The number of aliphatic carboxylic acids is 1. The maximum atomic E-state index is 14.6. The average Bonchev–Trinajstić information content (AvgIpc) is 2.71. The van der Waals surface area contributed by atoms with E-state index in [1.165, 1.54) is 23.1 Å². The van der Waals surface area contributed by atoms with Crippen LogP contribution in [0.15, 0.2) is 60.7 Å². The molecule has 1 amide bonds. The largest absolute Gasteiger partial charge is 0.481 e. The zero-order valence-corrected chi connectivity index (χ0v) is 18.1. The van der Waals surface area contributed by atoms with Gasteiger partial charge >= 0.3 is 5.97 Å². The molecule has 0 spiro atoms. The third-order valence-electron chi connectivity index (χ3n) is 5.34. The van der Waals surface area contributed by atoms with Crippen molar-refractivity contribution >= 4 is 46.7 Å². The van der Waals surface area contributed by atoms with Crippen molar-refractivity contribution in [2.75, 3.05) is 0 Å². The molecule has 31 heavy (non-hydrogen) atoms. The average molecular weight is 479 g/mol. The molecule has 3 aromatic carbocycles. The maximum Gasteiger partial charge on any atom is 0.313 e. The molecule has 0 saturated carbocycles. The number of hydrogen-bond donors (Lipinski definition) is 1. The number of carboxylic acids is 1. The molecule has 0 saturated heterocycles. The summed E-state index contributed by atoms with van der Waals surface area (Å²) in [5.74, 6) is -3.24. The standard InChI is InChI=1S/C23H15Cl3FNO3/c24-13-7-8-17(18(26)9-13)21-20(23(30)31)15-3-1-2-4-16(15)22(29)28(21)11-12-5-6-14(25)10-19(12)27/h1-10,20-21H,11H2,(H,30,31). The highest BCUT2D eigenvalue weighted by molar-refractivity contribution is 6.35. The summed E-state index contributed by atoms with van der Waals surface area (Å²) in [5, 5.41) is 10.9. The maximum absolute atomic E-state index is 14.6. The summed E-state index contributed by atoms with van der Waals surface area (Å²) >= 11 is 18.3. The fraction of sp³-hybridized carbons (Fsp3) is 0.130. The molecule has 2 atom stereocenters. The van der Waals surface area contributed by atoms with Crippen LogP contribution in [0.25, 0.3) is 0 Å². The summed E-state index contributed by atoms with van der Waals surface area (Å²) in [5.41, 5.74) is 1.25. The number of nitrogens with zero attached hydrogens (tertiary/aromatic N) is 1. The fourth-order valence-corrected chi connectivity index (χ4v) is 4.63. The summed E-state index contributed by atoms with van der Waals surface area (Å²) in [6.45, 7) is -0.163. The molecular weight excluding hydrogens is 464 g/mol. The first-order valence-corrected chi connectivity index (χ1v) is 10.4. The molecule has 0 fully saturated rings. The van der Waals surface area contributed by atoms with Crippen LogP contribution in [0.5, 0.6) is 0 Å². The van der Waals surface area contributed by atoms with E-state index in [4.69, 9.17) is 34.8 Å². The lowest BCUT2D eigenvalue weighted by Crippen LogP contribution is -2.44. The lowest BCUT2D eigenvalue weighted by atomic mass is 9.79. The van der Waals surface area contributed by atoms with Gasteiger partial charge in [0.15, 0.2) is 0 Å². The molecule has 1 aliphatic heterocycles. The highest BCUT2D eigenvalue weighted by Gasteiger charge is 2.45. The number of carbonyl (C=O) groups excluding carboxylic acids is 1. The van der Waals surface area contributed by atoms with E-state index >= 15 is 0 Å². The van der Waals surface area contributed by atoms with E-state index < -0.39 is 29.7 Å². The Kier molecular flexibility index (Phi) is 5.93. The molecule has 8 heteroatoms. The molecule has 0 radical (unpaired) electrons. The molecule has 2 unspecified atom stereocenters. The third kappa shape index (κ3) is 4.01. The molecule has 1 heterocycles. The first-order chi connectivity index (χ1) is 14.8. The third-order valence-corrected chi connectivity index (χ3v) is 6.14. The molecule has 4 nitrogen and oxygen atoms in total. The Bertz CT molecular complexity index is 1200. The van der Waals surface area contributed by atoms with Crippen LogP contribution in [0.1, 0.15) is 39.0 Å². The lowest BCUT2D eigenvalue weighted by Gasteiger charge is -2.41. The number of amides is 1. The van der Waals surface area contributed by atoms with E-state index in [2.05, 4.69) is 0 Å². The highest BCUT2D eigenvalue weighted by Crippen LogP contribution is 2.46. The van der Waals surface area contributed by atoms with E-state index in [0.717, 1.165) is 6.07 Å². The van der Waals surface area contributed by atoms with Gasteiger partial charge in [-0.05, 0) is 41.5 Å². The Hall–Kier alpha value is -2.60. The first kappa shape index (κ1) is 21.6. The van der Waals surface area contributed by atoms with Gasteiger partial charge in [-0.2, -0.15) is 0 Å². The molecule has 1 aliphatic rings. The minimum atomic E-state index is -1.13. The van der Waals surface area contributed by atoms with Gasteiger partial charge in [-0.25, -0.2) is 4.39 Å². The molecular formula is C23H15Cl3FNO3. The molecule has 0 bridgehead atoms. The zero-order chi connectivity index (χ0) is 22.3. The van der Waals surface area contributed by atoms with Crippen molar-refractivity contribution in [1.82, 2.24) is 4.90 Å². The van der Waals surface area contributed by atoms with E-state index in [1.54, 1.807) is 36.4 Å². The molecule has 0 aromatic heterocycles. The Morgan fingerprint density at radius 3 is 2.32 bits per heavy atom. The van der Waals surface area contributed by atoms with Gasteiger partial charge in [0.2, 0.25) is 0 Å². The van der Waals surface area contributed by atoms with E-state index in [1.807, 2.05) is 0 Å². The lowest BCUT2D eigenvalue weighted by molar-refractivity contribution is -0.140. The minimum Gasteiger partial charge on any atom is -0.481 e. The molecule has 0 aliphatic carbocycles. The number of rotatable bonds is 4. The topological polar surface area (TPSA) is 57.6 Å². The Balaban J connectivity index is 1.92. The van der Waals surface area contributed by atoms with Crippen molar-refractivity contribution in [3.05, 3.63) is 104 Å². The molecule has 4 rings (SSSR count). The van der Waals surface area contributed by atoms with Gasteiger partial charge in [0.25, 0.3) is 5.91 Å². The number of hydrogen-bond acceptors (Lipinski definition) is 2. The van der Waals surface area contributed by atoms with E-state index in [9.17, 15) is 19.1 Å². The van der Waals surface area contributed by atoms with Crippen molar-refractivity contribution < 1.29 is 19.1 Å². The number of fused-ring (bicyclic) bond motifs is 1.